The van der Waals surface area contributed by atoms with E-state index in [1.54, 1.807) is 12.2 Å². The van der Waals surface area contributed by atoms with E-state index in [9.17, 15) is 9.59 Å². The first-order chi connectivity index (χ1) is 23.5. The molecule has 0 aliphatic carbocycles. The number of carbonyl (C=O) groups is 2. The molecule has 0 N–H and O–H groups in total. The van der Waals surface area contributed by atoms with Crippen molar-refractivity contribution in [3.8, 4) is 23.0 Å². The molecule has 0 aliphatic rings. The number of rotatable bonds is 18. The molecule has 4 aromatic carbocycles. The van der Waals surface area contributed by atoms with Crippen LogP contribution in [-0.4, -0.2) is 50.6 Å². The van der Waals surface area contributed by atoms with Gasteiger partial charge in [-0.1, -0.05) is 87.7 Å². The van der Waals surface area contributed by atoms with E-state index < -0.39 is 24.1 Å². The summed E-state index contributed by atoms with van der Waals surface area (Å²) in [5.74, 6) is 1.81. The quantitative estimate of drug-likeness (QED) is 0.0987. The molecular formula is C41H44O8. The third-order valence-electron chi connectivity index (χ3n) is 7.79. The third kappa shape index (κ3) is 11.3. The van der Waals surface area contributed by atoms with Crippen LogP contribution in [0.2, 0.25) is 0 Å². The molecule has 49 heavy (non-hydrogen) atoms. The van der Waals surface area contributed by atoms with Gasteiger partial charge in [-0.2, -0.15) is 0 Å². The van der Waals surface area contributed by atoms with Gasteiger partial charge in [0.05, 0.1) is 0 Å². The van der Waals surface area contributed by atoms with Crippen LogP contribution in [0.3, 0.4) is 0 Å². The van der Waals surface area contributed by atoms with Crippen molar-refractivity contribution in [3.05, 3.63) is 132 Å². The van der Waals surface area contributed by atoms with Crippen LogP contribution in [0.15, 0.2) is 110 Å². The lowest BCUT2D eigenvalue weighted by Gasteiger charge is -2.27. The fraction of sp³-hybridized carbons (Fsp3) is 0.268. The van der Waals surface area contributed by atoms with Crippen LogP contribution in [-0.2, 0) is 24.5 Å². The fourth-order valence-electron chi connectivity index (χ4n) is 4.96. The Labute approximate surface area is 288 Å². The van der Waals surface area contributed by atoms with Crippen LogP contribution < -0.4 is 18.9 Å². The Hall–Kier alpha value is -5.50. The minimum atomic E-state index is -0.583. The predicted molar refractivity (Wildman–Crippen MR) is 191 cm³/mol. The lowest BCUT2D eigenvalue weighted by Crippen LogP contribution is -2.30. The van der Waals surface area contributed by atoms with E-state index in [1.165, 1.54) is 13.8 Å². The number of ether oxygens (including phenoxy) is 6. The first-order valence-electron chi connectivity index (χ1n) is 16.1. The highest BCUT2D eigenvalue weighted by Crippen LogP contribution is 2.33. The monoisotopic (exact) mass is 664 g/mol. The Morgan fingerprint density at radius 3 is 1.04 bits per heavy atom. The molecule has 2 unspecified atom stereocenters. The molecule has 4 aromatic rings. The van der Waals surface area contributed by atoms with Crippen LogP contribution in [0.1, 0.15) is 49.9 Å². The molecule has 0 saturated carbocycles. The molecule has 0 spiro atoms. The van der Waals surface area contributed by atoms with Gasteiger partial charge in [-0.25, -0.2) is 0 Å². The number of benzene rings is 4. The zero-order valence-electron chi connectivity index (χ0n) is 28.6. The summed E-state index contributed by atoms with van der Waals surface area (Å²) in [4.78, 5) is 23.4. The second-order valence-corrected chi connectivity index (χ2v) is 11.9. The van der Waals surface area contributed by atoms with Crippen molar-refractivity contribution in [2.45, 2.75) is 45.3 Å². The first-order valence-corrected chi connectivity index (χ1v) is 16.1. The molecule has 0 aliphatic heterocycles. The summed E-state index contributed by atoms with van der Waals surface area (Å²) in [6.45, 7) is 15.1. The molecule has 0 amide bonds. The second kappa shape index (κ2) is 17.6. The van der Waals surface area contributed by atoms with Crippen molar-refractivity contribution in [2.24, 2.45) is 0 Å². The summed E-state index contributed by atoms with van der Waals surface area (Å²) in [5.41, 5.74) is 3.83. The van der Waals surface area contributed by atoms with Crippen molar-refractivity contribution in [1.29, 1.82) is 0 Å². The van der Waals surface area contributed by atoms with E-state index >= 15 is 0 Å². The molecule has 0 heterocycles. The largest absolute Gasteiger partial charge is 0.490 e. The second-order valence-electron chi connectivity index (χ2n) is 11.9. The maximum atomic E-state index is 11.7. The number of carbonyl (C=O) groups excluding carboxylic acids is 2. The van der Waals surface area contributed by atoms with E-state index in [1.807, 2.05) is 97.1 Å². The van der Waals surface area contributed by atoms with Crippen molar-refractivity contribution >= 4 is 24.1 Å². The molecule has 4 rings (SSSR count). The van der Waals surface area contributed by atoms with Gasteiger partial charge in [-0.3, -0.25) is 9.59 Å². The van der Waals surface area contributed by atoms with E-state index in [0.717, 1.165) is 22.3 Å². The van der Waals surface area contributed by atoms with Gasteiger partial charge >= 0.3 is 11.9 Å². The van der Waals surface area contributed by atoms with Gasteiger partial charge in [0.1, 0.15) is 49.4 Å². The first kappa shape index (κ1) is 36.3. The highest BCUT2D eigenvalue weighted by Gasteiger charge is 2.24. The van der Waals surface area contributed by atoms with Gasteiger partial charge in [0, 0.05) is 19.3 Å². The maximum absolute atomic E-state index is 11.7. The van der Waals surface area contributed by atoms with Gasteiger partial charge < -0.3 is 28.4 Å². The minimum absolute atomic E-state index is 0.141. The zero-order valence-corrected chi connectivity index (χ0v) is 28.6. The Kier molecular flexibility index (Phi) is 13.0. The maximum Gasteiger partial charge on any atom is 0.303 e. The summed E-state index contributed by atoms with van der Waals surface area (Å²) in [5, 5.41) is 0. The summed E-state index contributed by atoms with van der Waals surface area (Å²) in [6, 6.07) is 30.7. The fourth-order valence-corrected chi connectivity index (χ4v) is 4.96. The molecule has 0 saturated heterocycles. The molecule has 0 aromatic heterocycles. The average molecular weight is 665 g/mol. The van der Waals surface area contributed by atoms with Crippen LogP contribution in [0.4, 0.5) is 0 Å². The predicted octanol–water partition coefficient (Wildman–Crippen LogP) is 8.08. The average Bonchev–Trinajstić information content (AvgIpc) is 3.11. The van der Waals surface area contributed by atoms with Crippen LogP contribution in [0.5, 0.6) is 23.0 Å². The summed E-state index contributed by atoms with van der Waals surface area (Å²) in [6.07, 6.45) is 2.35. The summed E-state index contributed by atoms with van der Waals surface area (Å²) < 4.78 is 34.4. The van der Waals surface area contributed by atoms with E-state index in [0.29, 0.717) is 23.0 Å². The normalized spacial score (nSPS) is 12.2. The molecule has 8 heteroatoms. The lowest BCUT2D eigenvalue weighted by molar-refractivity contribution is -0.150. The van der Waals surface area contributed by atoms with E-state index in [-0.39, 0.29) is 31.8 Å². The van der Waals surface area contributed by atoms with Gasteiger partial charge in [0.25, 0.3) is 0 Å². The standard InChI is InChI=1S/C41H44O8/c1-7-31-9-17-35(18-10-31)44-25-39(48-29(3)42)27-46-37-21-13-33(14-22-37)41(5,6)34-15-23-38(24-16-34)47-28-40(49-30(4)43)26-45-36-19-11-32(8-2)12-20-36/h7-24,39-40H,1-2,25-28H2,3-6H3. The van der Waals surface area contributed by atoms with Crippen molar-refractivity contribution in [1.82, 2.24) is 0 Å². The molecule has 0 bridgehead atoms. The van der Waals surface area contributed by atoms with Crippen molar-refractivity contribution in [3.63, 3.8) is 0 Å². The van der Waals surface area contributed by atoms with E-state index in [4.69, 9.17) is 28.4 Å². The minimum Gasteiger partial charge on any atom is -0.490 e. The highest BCUT2D eigenvalue weighted by molar-refractivity contribution is 5.66. The van der Waals surface area contributed by atoms with Gasteiger partial charge in [-0.15, -0.1) is 0 Å². The molecular weight excluding hydrogens is 620 g/mol. The van der Waals surface area contributed by atoms with Crippen LogP contribution in [0, 0.1) is 0 Å². The molecule has 8 nitrogen and oxygen atoms in total. The molecule has 2 atom stereocenters. The zero-order chi connectivity index (χ0) is 35.2. The number of hydrogen-bond donors (Lipinski definition) is 0. The smallest absolute Gasteiger partial charge is 0.303 e. The third-order valence-corrected chi connectivity index (χ3v) is 7.79. The summed E-state index contributed by atoms with van der Waals surface area (Å²) >= 11 is 0. The van der Waals surface area contributed by atoms with Crippen molar-refractivity contribution in [2.75, 3.05) is 26.4 Å². The Morgan fingerprint density at radius 1 is 0.531 bits per heavy atom. The summed E-state index contributed by atoms with van der Waals surface area (Å²) in [7, 11) is 0. The Bertz CT molecular complexity index is 1530. The molecule has 0 radical (unpaired) electrons. The topological polar surface area (TPSA) is 89.5 Å². The van der Waals surface area contributed by atoms with E-state index in [2.05, 4.69) is 27.0 Å². The van der Waals surface area contributed by atoms with Gasteiger partial charge in [0.15, 0.2) is 12.2 Å². The lowest BCUT2D eigenvalue weighted by atomic mass is 9.78. The highest BCUT2D eigenvalue weighted by atomic mass is 16.6. The number of esters is 2. The van der Waals surface area contributed by atoms with Gasteiger partial charge in [-0.05, 0) is 70.8 Å². The SMILES string of the molecule is C=Cc1ccc(OCC(COc2ccc(C(C)(C)c3ccc(OCC(COc4ccc(C=C)cc4)OC(C)=O)cc3)cc2)OC(C)=O)cc1. The van der Waals surface area contributed by atoms with Crippen LogP contribution in [0.25, 0.3) is 12.2 Å². The Morgan fingerprint density at radius 2 is 0.796 bits per heavy atom. The Balaban J connectivity index is 1.30. The van der Waals surface area contributed by atoms with Gasteiger partial charge in [0.2, 0.25) is 0 Å². The molecule has 256 valence electrons. The molecule has 0 fully saturated rings. The van der Waals surface area contributed by atoms with Crippen molar-refractivity contribution < 1.29 is 38.0 Å². The number of hydrogen-bond acceptors (Lipinski definition) is 8. The van der Waals surface area contributed by atoms with Crippen LogP contribution >= 0.6 is 0 Å².